The van der Waals surface area contributed by atoms with E-state index in [1.807, 2.05) is 45.0 Å². The second kappa shape index (κ2) is 9.64. The van der Waals surface area contributed by atoms with E-state index in [1.54, 1.807) is 31.2 Å². The summed E-state index contributed by atoms with van der Waals surface area (Å²) in [4.78, 5) is 39.1. The van der Waals surface area contributed by atoms with Gasteiger partial charge in [0.1, 0.15) is 0 Å². The molecule has 0 bridgehead atoms. The van der Waals surface area contributed by atoms with E-state index >= 15 is 0 Å². The zero-order chi connectivity index (χ0) is 22.5. The Balaban J connectivity index is 1.92. The molecule has 1 heterocycles. The maximum Gasteiger partial charge on any atom is 0.411 e. The monoisotopic (exact) mass is 423 g/mol. The summed E-state index contributed by atoms with van der Waals surface area (Å²) in [5.74, 6) is -0.392. The smallest absolute Gasteiger partial charge is 0.411 e. The third kappa shape index (κ3) is 5.42. The highest BCUT2D eigenvalue weighted by atomic mass is 16.6. The topological polar surface area (TPSA) is 87.7 Å². The van der Waals surface area contributed by atoms with Crippen LogP contribution in [0.15, 0.2) is 48.5 Å². The molecule has 0 aliphatic carbocycles. The van der Waals surface area contributed by atoms with Gasteiger partial charge < -0.3 is 15.4 Å². The van der Waals surface area contributed by atoms with Crippen LogP contribution < -0.4 is 10.6 Å². The average Bonchev–Trinajstić information content (AvgIpc) is 3.05. The first kappa shape index (κ1) is 22.3. The Labute approximate surface area is 182 Å². The van der Waals surface area contributed by atoms with Crippen LogP contribution in [0.1, 0.15) is 50.0 Å². The van der Waals surface area contributed by atoms with Crippen LogP contribution in [0.3, 0.4) is 0 Å². The second-order valence-electron chi connectivity index (χ2n) is 8.05. The van der Waals surface area contributed by atoms with Gasteiger partial charge >= 0.3 is 6.09 Å². The maximum absolute atomic E-state index is 13.1. The van der Waals surface area contributed by atoms with Gasteiger partial charge in [-0.1, -0.05) is 48.9 Å². The molecule has 0 spiro atoms. The lowest BCUT2D eigenvalue weighted by Crippen LogP contribution is -2.48. The largest absolute Gasteiger partial charge is 0.438 e. The number of rotatable bonds is 7. The number of hydrogen-bond acceptors (Lipinski definition) is 4. The summed E-state index contributed by atoms with van der Waals surface area (Å²) in [6.07, 6.45) is -0.973. The Morgan fingerprint density at radius 1 is 1.13 bits per heavy atom. The quantitative estimate of drug-likeness (QED) is 0.706. The zero-order valence-corrected chi connectivity index (χ0v) is 18.3. The number of anilines is 1. The first-order valence-electron chi connectivity index (χ1n) is 10.5. The van der Waals surface area contributed by atoms with E-state index in [9.17, 15) is 14.4 Å². The number of cyclic esters (lactones) is 1. The number of aryl methyl sites for hydroxylation is 1. The molecule has 2 aromatic rings. The van der Waals surface area contributed by atoms with Crippen molar-refractivity contribution in [3.05, 3.63) is 65.2 Å². The van der Waals surface area contributed by atoms with Gasteiger partial charge in [-0.05, 0) is 44.0 Å². The molecule has 2 atom stereocenters. The first-order chi connectivity index (χ1) is 14.8. The molecule has 2 aromatic carbocycles. The second-order valence-corrected chi connectivity index (χ2v) is 8.05. The highest BCUT2D eigenvalue weighted by molar-refractivity contribution is 5.91. The van der Waals surface area contributed by atoms with Crippen LogP contribution >= 0.6 is 0 Å². The van der Waals surface area contributed by atoms with Crippen LogP contribution in [-0.4, -0.2) is 34.9 Å². The van der Waals surface area contributed by atoms with Gasteiger partial charge in [-0.25, -0.2) is 4.79 Å². The number of amides is 3. The Bertz CT molecular complexity index is 956. The van der Waals surface area contributed by atoms with Gasteiger partial charge in [0, 0.05) is 18.2 Å². The van der Waals surface area contributed by atoms with Crippen LogP contribution in [0, 0.1) is 6.92 Å². The van der Waals surface area contributed by atoms with Crippen LogP contribution in [0.4, 0.5) is 10.5 Å². The molecular weight excluding hydrogens is 394 g/mol. The van der Waals surface area contributed by atoms with Crippen LogP contribution in [0.5, 0.6) is 0 Å². The van der Waals surface area contributed by atoms with E-state index in [0.29, 0.717) is 17.7 Å². The Morgan fingerprint density at radius 2 is 1.84 bits per heavy atom. The number of ether oxygens (including phenoxy) is 1. The van der Waals surface area contributed by atoms with Crippen molar-refractivity contribution < 1.29 is 19.1 Å². The lowest BCUT2D eigenvalue weighted by Gasteiger charge is -2.25. The van der Waals surface area contributed by atoms with Crippen molar-refractivity contribution in [3.63, 3.8) is 0 Å². The normalized spacial score (nSPS) is 18.1. The van der Waals surface area contributed by atoms with Crippen LogP contribution in [-0.2, 0) is 20.9 Å². The van der Waals surface area contributed by atoms with E-state index in [-0.39, 0.29) is 24.4 Å². The number of carbonyl (C=O) groups is 3. The highest BCUT2D eigenvalue weighted by Crippen LogP contribution is 2.35. The first-order valence-corrected chi connectivity index (χ1v) is 10.5. The number of nitrogens with one attached hydrogen (secondary N) is 2. The summed E-state index contributed by atoms with van der Waals surface area (Å²) < 4.78 is 5.67. The summed E-state index contributed by atoms with van der Waals surface area (Å²) in [7, 11) is 0. The van der Waals surface area contributed by atoms with Crippen molar-refractivity contribution in [2.24, 2.45) is 0 Å². The summed E-state index contributed by atoms with van der Waals surface area (Å²) >= 11 is 0. The van der Waals surface area contributed by atoms with Crippen molar-refractivity contribution in [2.75, 3.05) is 5.32 Å². The number of carbonyl (C=O) groups excluding carboxylic acids is 3. The highest BCUT2D eigenvalue weighted by Gasteiger charge is 2.47. The molecule has 31 heavy (non-hydrogen) atoms. The fourth-order valence-electron chi connectivity index (χ4n) is 3.51. The van der Waals surface area contributed by atoms with Crippen LogP contribution in [0.2, 0.25) is 0 Å². The third-order valence-electron chi connectivity index (χ3n) is 5.08. The summed E-state index contributed by atoms with van der Waals surface area (Å²) in [5.41, 5.74) is 3.28. The molecule has 0 saturated carbocycles. The lowest BCUT2D eigenvalue weighted by atomic mass is 9.99. The van der Waals surface area contributed by atoms with Gasteiger partial charge in [-0.15, -0.1) is 0 Å². The SMILES string of the molecule is CCC(=O)Nc1cccc(C2OC(=O)N(Cc3ccc(C)cc3)C2C(=O)NC(C)C)c1. The number of hydrogen-bond donors (Lipinski definition) is 2. The standard InChI is InChI=1S/C24H29N3O4/c1-5-20(28)26-19-8-6-7-18(13-19)22-21(23(29)25-15(2)3)27(24(30)31-22)14-17-11-9-16(4)10-12-17/h6-13,15,21-22H,5,14H2,1-4H3,(H,25,29)(H,26,28). The molecule has 1 aliphatic heterocycles. The summed E-state index contributed by atoms with van der Waals surface area (Å²) in [6, 6.07) is 14.0. The van der Waals surface area contributed by atoms with Crippen molar-refractivity contribution in [1.82, 2.24) is 10.2 Å². The van der Waals surface area contributed by atoms with Crippen molar-refractivity contribution in [2.45, 2.75) is 58.8 Å². The molecule has 0 aromatic heterocycles. The third-order valence-corrected chi connectivity index (χ3v) is 5.08. The van der Waals surface area contributed by atoms with Crippen LogP contribution in [0.25, 0.3) is 0 Å². The van der Waals surface area contributed by atoms with E-state index in [0.717, 1.165) is 11.1 Å². The predicted octanol–water partition coefficient (Wildman–Crippen LogP) is 3.93. The van der Waals surface area contributed by atoms with Crippen molar-refractivity contribution >= 4 is 23.6 Å². The molecule has 3 amide bonds. The Hall–Kier alpha value is -3.35. The predicted molar refractivity (Wildman–Crippen MR) is 118 cm³/mol. The average molecular weight is 424 g/mol. The van der Waals surface area contributed by atoms with Gasteiger partial charge in [-0.2, -0.15) is 0 Å². The zero-order valence-electron chi connectivity index (χ0n) is 18.3. The van der Waals surface area contributed by atoms with Gasteiger partial charge in [0.15, 0.2) is 12.1 Å². The van der Waals surface area contributed by atoms with Gasteiger partial charge in [0.25, 0.3) is 0 Å². The van der Waals surface area contributed by atoms with E-state index in [4.69, 9.17) is 4.74 Å². The molecule has 7 heteroatoms. The molecule has 1 aliphatic rings. The molecular formula is C24H29N3O4. The fraction of sp³-hybridized carbons (Fsp3) is 0.375. The van der Waals surface area contributed by atoms with Crippen molar-refractivity contribution in [1.29, 1.82) is 0 Å². The molecule has 1 fully saturated rings. The molecule has 164 valence electrons. The minimum Gasteiger partial charge on any atom is -0.438 e. The fourth-order valence-corrected chi connectivity index (χ4v) is 3.51. The molecule has 3 rings (SSSR count). The van der Waals surface area contributed by atoms with E-state index < -0.39 is 18.2 Å². The Morgan fingerprint density at radius 3 is 2.48 bits per heavy atom. The molecule has 2 N–H and O–H groups in total. The maximum atomic E-state index is 13.1. The van der Waals surface area contributed by atoms with Crippen molar-refractivity contribution in [3.8, 4) is 0 Å². The molecule has 1 saturated heterocycles. The van der Waals surface area contributed by atoms with E-state index in [2.05, 4.69) is 10.6 Å². The number of benzene rings is 2. The summed E-state index contributed by atoms with van der Waals surface area (Å²) in [6.45, 7) is 7.77. The summed E-state index contributed by atoms with van der Waals surface area (Å²) in [5, 5.41) is 5.71. The number of nitrogens with zero attached hydrogens (tertiary/aromatic N) is 1. The molecule has 2 unspecified atom stereocenters. The Kier molecular flexibility index (Phi) is 6.95. The van der Waals surface area contributed by atoms with E-state index in [1.165, 1.54) is 4.90 Å². The van der Waals surface area contributed by atoms with Gasteiger partial charge in [-0.3, -0.25) is 14.5 Å². The molecule has 7 nitrogen and oxygen atoms in total. The minimum absolute atomic E-state index is 0.0831. The van der Waals surface area contributed by atoms with Gasteiger partial charge in [0.2, 0.25) is 11.8 Å². The minimum atomic E-state index is -0.826. The molecule has 0 radical (unpaired) electrons. The lowest BCUT2D eigenvalue weighted by molar-refractivity contribution is -0.126. The van der Waals surface area contributed by atoms with Gasteiger partial charge in [0.05, 0.1) is 6.54 Å².